The van der Waals surface area contributed by atoms with Crippen molar-refractivity contribution in [3.8, 4) is 0 Å². The van der Waals surface area contributed by atoms with Gasteiger partial charge in [-0.3, -0.25) is 4.79 Å². The summed E-state index contributed by atoms with van der Waals surface area (Å²) >= 11 is 12.3. The fourth-order valence-corrected chi connectivity index (χ4v) is 13.5. The van der Waals surface area contributed by atoms with E-state index in [0.717, 1.165) is 90.5 Å². The van der Waals surface area contributed by atoms with Crippen LogP contribution in [0.5, 0.6) is 0 Å². The number of Topliss-reactive ketones (excluding diaryl/α,β-unsaturated/α-hetero) is 1. The quantitative estimate of drug-likeness (QED) is 0.0658. The number of imidazole rings is 4. The molecule has 3 radical (unpaired) electrons. The van der Waals surface area contributed by atoms with Crippen molar-refractivity contribution in [3.05, 3.63) is 159 Å². The fourth-order valence-electron chi connectivity index (χ4n) is 9.59. The summed E-state index contributed by atoms with van der Waals surface area (Å²) in [6.07, 6.45) is 28.2. The van der Waals surface area contributed by atoms with Crippen LogP contribution in [0.4, 0.5) is 0 Å². The summed E-state index contributed by atoms with van der Waals surface area (Å²) in [6.45, 7) is 0. The molecule has 0 fully saturated rings. The van der Waals surface area contributed by atoms with Gasteiger partial charge in [-0.2, -0.15) is 0 Å². The molecule has 5 atom stereocenters. The zero-order chi connectivity index (χ0) is 43.0. The van der Waals surface area contributed by atoms with Gasteiger partial charge in [0, 0.05) is 87.0 Å². The van der Waals surface area contributed by atoms with Gasteiger partial charge in [-0.1, -0.05) is 22.3 Å². The van der Waals surface area contributed by atoms with Crippen LogP contribution >= 0.6 is 70.0 Å². The topological polar surface area (TPSA) is 155 Å². The SMILES string of the molecule is C.C.C.Cl.O=C1c2ccsc2CCC1Cc1cnc[nH]1.OC1c2ccsc2CCC1Cc1cnc[nH]1.S=c1[nH]cc(CC2CCc3sccc3C2)[nH]1.[B].[H-].[Na+].c1ncc(CC2CCc3sccc3C2)[nH]1. The summed E-state index contributed by atoms with van der Waals surface area (Å²) in [5, 5.41) is 18.8. The normalized spacial score (nSPS) is 19.1. The van der Waals surface area contributed by atoms with E-state index < -0.39 is 0 Å². The number of carbonyl (C=O) groups is 1. The number of nitrogens with one attached hydrogen (secondary N) is 5. The number of aliphatic hydroxyl groups excluding tert-OH is 1. The minimum absolute atomic E-state index is 0. The summed E-state index contributed by atoms with van der Waals surface area (Å²) in [6, 6.07) is 8.59. The number of carbonyl (C=O) groups excluding carboxylic acids is 1. The molecule has 4 aliphatic rings. The van der Waals surface area contributed by atoms with Crippen molar-refractivity contribution in [2.24, 2.45) is 23.7 Å². The van der Waals surface area contributed by atoms with E-state index in [9.17, 15) is 9.90 Å². The number of aryl methyl sites for hydroxylation is 4. The third kappa shape index (κ3) is 15.9. The molecule has 69 heavy (non-hydrogen) atoms. The molecule has 0 bridgehead atoms. The molecule has 18 heteroatoms. The Labute approximate surface area is 461 Å². The molecule has 12 rings (SSSR count). The standard InChI is InChI=1S/C12H14N2OS.C12H12N2OS.C12H14N2S2.C12H14N2S.3CH4.B.ClH.Na.H/c2*15-12-8(5-9-6-13-7-14-9)1-2-11-10(12)3-4-16-11;15-12-13-7-10(14-12)6-8-1-2-11-9(5-8)3-4-16-11;1-2-12-10(3-4-15-12)5-9(1)6-11-7-13-8-14-11;;;;;;;/h3-4,6-8,12,15H,1-2,5H2,(H,13,14);3-4,6-8H,1-2,5H2,(H,13,14);3-4,7-8H,1-2,5-6H2,(H2,13,14,15);3-4,7-9H,1-2,5-6H2,(H,13,14);3*1H4;;1H;;/q;;;;;;;;;+1;-1. The van der Waals surface area contributed by atoms with Gasteiger partial charge in [0.05, 0.1) is 25.1 Å². The molecule has 0 aromatic carbocycles. The minimum atomic E-state index is -0.307. The Hall–Kier alpha value is -3.16. The van der Waals surface area contributed by atoms with E-state index in [0.29, 0.717) is 11.7 Å². The second-order valence-electron chi connectivity index (χ2n) is 17.2. The average molecular weight is 1050 g/mol. The van der Waals surface area contributed by atoms with Crippen LogP contribution in [-0.2, 0) is 64.2 Å². The van der Waals surface area contributed by atoms with Crippen LogP contribution in [0.3, 0.4) is 0 Å². The van der Waals surface area contributed by atoms with Gasteiger partial charge >= 0.3 is 29.6 Å². The van der Waals surface area contributed by atoms with Gasteiger partial charge < -0.3 is 31.5 Å². The van der Waals surface area contributed by atoms with E-state index in [1.54, 1.807) is 68.7 Å². The van der Waals surface area contributed by atoms with Gasteiger partial charge in [-0.15, -0.1) is 57.8 Å². The molecule has 0 amide bonds. The Bertz CT molecular complexity index is 2690. The number of aliphatic hydroxyl groups is 1. The van der Waals surface area contributed by atoms with E-state index in [1.807, 2.05) is 52.7 Å². The van der Waals surface area contributed by atoms with E-state index in [1.165, 1.54) is 59.7 Å². The second-order valence-corrected chi connectivity index (χ2v) is 21.6. The first-order chi connectivity index (χ1) is 30.9. The van der Waals surface area contributed by atoms with Crippen LogP contribution < -0.4 is 29.6 Å². The van der Waals surface area contributed by atoms with Gasteiger partial charge in [0.25, 0.3) is 0 Å². The average Bonchev–Trinajstić information content (AvgIpc) is 4.15. The van der Waals surface area contributed by atoms with Crippen LogP contribution in [0, 0.1) is 28.4 Å². The molecule has 365 valence electrons. The van der Waals surface area contributed by atoms with E-state index in [-0.39, 0.29) is 86.1 Å². The van der Waals surface area contributed by atoms with Crippen molar-refractivity contribution in [1.82, 2.24) is 39.9 Å². The molecule has 5 unspecified atom stereocenters. The van der Waals surface area contributed by atoms with Gasteiger partial charge in [-0.05, 0) is 182 Å². The van der Waals surface area contributed by atoms with Crippen molar-refractivity contribution in [1.29, 1.82) is 0 Å². The molecule has 8 aromatic heterocycles. The molecular weight excluding hydrogens is 986 g/mol. The molecule has 8 heterocycles. The van der Waals surface area contributed by atoms with E-state index >= 15 is 0 Å². The number of aromatic amines is 5. The molecule has 0 aliphatic heterocycles. The number of fused-ring (bicyclic) bond motifs is 4. The van der Waals surface area contributed by atoms with Crippen molar-refractivity contribution in [2.45, 2.75) is 118 Å². The number of ketones is 1. The van der Waals surface area contributed by atoms with Crippen LogP contribution in [0.25, 0.3) is 0 Å². The van der Waals surface area contributed by atoms with Crippen molar-refractivity contribution in [3.63, 3.8) is 0 Å². The first-order valence-electron chi connectivity index (χ1n) is 22.1. The number of H-pyrrole nitrogens is 5. The summed E-state index contributed by atoms with van der Waals surface area (Å²) < 4.78 is 0.738. The Kier molecular flexibility index (Phi) is 25.6. The summed E-state index contributed by atoms with van der Waals surface area (Å²) in [5.74, 6) is 2.32. The monoisotopic (exact) mass is 1050 g/mol. The third-order valence-electron chi connectivity index (χ3n) is 12.9. The number of halogens is 1. The number of hydrogen-bond acceptors (Lipinski definition) is 10. The molecule has 0 spiro atoms. The smallest absolute Gasteiger partial charge is 1.00 e. The van der Waals surface area contributed by atoms with E-state index in [2.05, 4.69) is 74.2 Å². The maximum atomic E-state index is 12.2. The zero-order valence-corrected chi connectivity index (χ0v) is 44.1. The number of nitrogens with zero attached hydrogens (tertiary/aromatic N) is 3. The molecule has 10 nitrogen and oxygen atoms in total. The van der Waals surface area contributed by atoms with Crippen molar-refractivity contribution in [2.75, 3.05) is 0 Å². The Morgan fingerprint density at radius 3 is 1.68 bits per heavy atom. The number of thiophene rings is 4. The summed E-state index contributed by atoms with van der Waals surface area (Å²) in [7, 11) is 0. The van der Waals surface area contributed by atoms with Gasteiger partial charge in [0.15, 0.2) is 10.6 Å². The maximum Gasteiger partial charge on any atom is 1.00 e. The molecule has 4 aliphatic carbocycles. The van der Waals surface area contributed by atoms with Crippen LogP contribution in [0.2, 0.25) is 0 Å². The van der Waals surface area contributed by atoms with Crippen LogP contribution in [0.15, 0.2) is 89.6 Å². The van der Waals surface area contributed by atoms with Crippen molar-refractivity contribution < 1.29 is 40.9 Å². The zero-order valence-electron chi connectivity index (χ0n) is 38.2. The summed E-state index contributed by atoms with van der Waals surface area (Å²) in [4.78, 5) is 45.6. The Morgan fingerprint density at radius 2 is 1.12 bits per heavy atom. The first-order valence-corrected chi connectivity index (χ1v) is 26.0. The molecule has 0 saturated carbocycles. The number of hydrogen-bond donors (Lipinski definition) is 6. The third-order valence-corrected chi connectivity index (χ3v) is 17.2. The van der Waals surface area contributed by atoms with Gasteiger partial charge in [0.1, 0.15) is 0 Å². The minimum Gasteiger partial charge on any atom is -1.00 e. The van der Waals surface area contributed by atoms with Gasteiger partial charge in [-0.25, -0.2) is 15.0 Å². The predicted octanol–water partition coefficient (Wildman–Crippen LogP) is 10.1. The van der Waals surface area contributed by atoms with E-state index in [4.69, 9.17) is 12.2 Å². The van der Waals surface area contributed by atoms with Crippen LogP contribution in [0.1, 0.15) is 125 Å². The Balaban J connectivity index is 0.000000310. The Morgan fingerprint density at radius 1 is 0.623 bits per heavy atom. The second kappa shape index (κ2) is 29.4. The molecule has 6 N–H and O–H groups in total. The number of aromatic nitrogens is 8. The summed E-state index contributed by atoms with van der Waals surface area (Å²) in [5.41, 5.74) is 9.92. The molecule has 8 aromatic rings. The maximum absolute atomic E-state index is 12.2. The molecule has 0 saturated heterocycles. The molecular formula is C51H68BClN8NaO2S5. The first kappa shape index (κ1) is 60.2. The predicted molar refractivity (Wildman–Crippen MR) is 292 cm³/mol. The van der Waals surface area contributed by atoms with Crippen LogP contribution in [-0.4, -0.2) is 59.2 Å². The fraction of sp³-hybridized carbons (Fsp3) is 0.431. The number of rotatable bonds is 8. The van der Waals surface area contributed by atoms with Gasteiger partial charge in [0.2, 0.25) is 0 Å². The largest absolute Gasteiger partial charge is 1.00 e. The van der Waals surface area contributed by atoms with Crippen molar-refractivity contribution >= 4 is 84.2 Å².